The number of pyridine rings is 1. The van der Waals surface area contributed by atoms with E-state index < -0.39 is 16.9 Å². The fourth-order valence-electron chi connectivity index (χ4n) is 1.60. The summed E-state index contributed by atoms with van der Waals surface area (Å²) in [6, 6.07) is 0.697. The molecule has 2 aromatic heterocycles. The SMILES string of the molecule is CC(NC(=O)c1cc([N+](=O)[O-])cnc1N)c1ncc[nH]1. The van der Waals surface area contributed by atoms with E-state index in [1.54, 1.807) is 19.3 Å². The van der Waals surface area contributed by atoms with Gasteiger partial charge in [-0.05, 0) is 6.92 Å². The second kappa shape index (κ2) is 5.34. The van der Waals surface area contributed by atoms with Crippen LogP contribution in [0, 0.1) is 10.1 Å². The normalized spacial score (nSPS) is 11.8. The molecule has 20 heavy (non-hydrogen) atoms. The molecule has 4 N–H and O–H groups in total. The number of nitrogens with zero attached hydrogens (tertiary/aromatic N) is 3. The highest BCUT2D eigenvalue weighted by atomic mass is 16.6. The zero-order valence-corrected chi connectivity index (χ0v) is 10.5. The van der Waals surface area contributed by atoms with Crippen molar-refractivity contribution in [3.63, 3.8) is 0 Å². The number of H-pyrrole nitrogens is 1. The number of amides is 1. The summed E-state index contributed by atoms with van der Waals surface area (Å²) < 4.78 is 0. The number of nitro groups is 1. The first-order chi connectivity index (χ1) is 9.49. The molecule has 1 unspecified atom stereocenters. The van der Waals surface area contributed by atoms with Gasteiger partial charge in [0.15, 0.2) is 0 Å². The van der Waals surface area contributed by atoms with Crippen molar-refractivity contribution in [2.75, 3.05) is 5.73 Å². The Morgan fingerprint density at radius 2 is 2.30 bits per heavy atom. The Morgan fingerprint density at radius 1 is 1.55 bits per heavy atom. The van der Waals surface area contributed by atoms with E-state index in [0.717, 1.165) is 12.3 Å². The third kappa shape index (κ3) is 2.71. The predicted octanol–water partition coefficient (Wildman–Crippen LogP) is 0.786. The smallest absolute Gasteiger partial charge is 0.288 e. The average molecular weight is 276 g/mol. The maximum absolute atomic E-state index is 12.1. The number of aromatic nitrogens is 3. The van der Waals surface area contributed by atoms with Crippen molar-refractivity contribution in [1.82, 2.24) is 20.3 Å². The highest BCUT2D eigenvalue weighted by molar-refractivity contribution is 5.99. The van der Waals surface area contributed by atoms with E-state index in [1.807, 2.05) is 0 Å². The Bertz CT molecular complexity index is 640. The maximum atomic E-state index is 12.1. The van der Waals surface area contributed by atoms with Gasteiger partial charge in [0.05, 0.1) is 16.5 Å². The first kappa shape index (κ1) is 13.5. The number of nitrogen functional groups attached to an aromatic ring is 1. The van der Waals surface area contributed by atoms with E-state index in [1.165, 1.54) is 0 Å². The molecule has 2 heterocycles. The standard InChI is InChI=1S/C11H12N6O3/c1-6(10-13-2-3-14-10)16-11(18)8-4-7(17(19)20)5-15-9(8)12/h2-6H,1H3,(H2,12,15)(H,13,14)(H,16,18). The van der Waals surface area contributed by atoms with E-state index >= 15 is 0 Å². The van der Waals surface area contributed by atoms with E-state index in [9.17, 15) is 14.9 Å². The summed E-state index contributed by atoms with van der Waals surface area (Å²) in [7, 11) is 0. The monoisotopic (exact) mass is 276 g/mol. The van der Waals surface area contributed by atoms with Crippen molar-refractivity contribution in [2.24, 2.45) is 0 Å². The van der Waals surface area contributed by atoms with Gasteiger partial charge in [0.1, 0.15) is 17.8 Å². The fourth-order valence-corrected chi connectivity index (χ4v) is 1.60. The van der Waals surface area contributed by atoms with Gasteiger partial charge < -0.3 is 16.0 Å². The molecule has 0 aromatic carbocycles. The predicted molar refractivity (Wildman–Crippen MR) is 69.8 cm³/mol. The van der Waals surface area contributed by atoms with Crippen LogP contribution in [0.5, 0.6) is 0 Å². The molecule has 0 spiro atoms. The lowest BCUT2D eigenvalue weighted by molar-refractivity contribution is -0.385. The molecular weight excluding hydrogens is 264 g/mol. The van der Waals surface area contributed by atoms with Gasteiger partial charge in [0.2, 0.25) is 0 Å². The van der Waals surface area contributed by atoms with Crippen LogP contribution in [-0.2, 0) is 0 Å². The number of carbonyl (C=O) groups is 1. The van der Waals surface area contributed by atoms with Gasteiger partial charge in [-0.3, -0.25) is 14.9 Å². The lowest BCUT2D eigenvalue weighted by Crippen LogP contribution is -2.28. The molecule has 0 fully saturated rings. The molecule has 0 bridgehead atoms. The number of hydrogen-bond acceptors (Lipinski definition) is 6. The number of rotatable bonds is 4. The molecule has 9 nitrogen and oxygen atoms in total. The first-order valence-electron chi connectivity index (χ1n) is 5.69. The van der Waals surface area contributed by atoms with Crippen molar-refractivity contribution in [1.29, 1.82) is 0 Å². The summed E-state index contributed by atoms with van der Waals surface area (Å²) in [6.45, 7) is 1.72. The highest BCUT2D eigenvalue weighted by Gasteiger charge is 2.19. The summed E-state index contributed by atoms with van der Waals surface area (Å²) >= 11 is 0. The lowest BCUT2D eigenvalue weighted by atomic mass is 10.2. The van der Waals surface area contributed by atoms with Crippen LogP contribution in [0.3, 0.4) is 0 Å². The Balaban J connectivity index is 2.20. The molecule has 0 radical (unpaired) electrons. The molecule has 1 amide bonds. The van der Waals surface area contributed by atoms with Crippen molar-refractivity contribution in [3.05, 3.63) is 46.2 Å². The Labute approximate surface area is 113 Å². The summed E-state index contributed by atoms with van der Waals surface area (Å²) in [4.78, 5) is 32.6. The Morgan fingerprint density at radius 3 is 2.90 bits per heavy atom. The number of anilines is 1. The van der Waals surface area contributed by atoms with E-state index in [4.69, 9.17) is 5.73 Å². The average Bonchev–Trinajstić information content (AvgIpc) is 2.92. The van der Waals surface area contributed by atoms with Crippen molar-refractivity contribution < 1.29 is 9.72 Å². The van der Waals surface area contributed by atoms with Crippen LogP contribution in [0.1, 0.15) is 29.1 Å². The molecule has 9 heteroatoms. The highest BCUT2D eigenvalue weighted by Crippen LogP contribution is 2.17. The van der Waals surface area contributed by atoms with E-state index in [2.05, 4.69) is 20.3 Å². The largest absolute Gasteiger partial charge is 0.383 e. The first-order valence-corrected chi connectivity index (χ1v) is 5.69. The van der Waals surface area contributed by atoms with Crippen molar-refractivity contribution >= 4 is 17.4 Å². The Kier molecular flexibility index (Phi) is 3.60. The summed E-state index contributed by atoms with van der Waals surface area (Å²) in [5, 5.41) is 13.3. The van der Waals surface area contributed by atoms with Gasteiger partial charge in [-0.2, -0.15) is 0 Å². The van der Waals surface area contributed by atoms with Crippen LogP contribution in [-0.4, -0.2) is 25.8 Å². The molecule has 1 atom stereocenters. The van der Waals surface area contributed by atoms with Crippen LogP contribution in [0.15, 0.2) is 24.7 Å². The zero-order chi connectivity index (χ0) is 14.7. The molecular formula is C11H12N6O3. The third-order valence-corrected chi connectivity index (χ3v) is 2.64. The maximum Gasteiger partial charge on any atom is 0.288 e. The summed E-state index contributed by atoms with van der Waals surface area (Å²) in [6.07, 6.45) is 4.19. The molecule has 2 aromatic rings. The van der Waals surface area contributed by atoms with Crippen molar-refractivity contribution in [3.8, 4) is 0 Å². The number of carbonyl (C=O) groups excluding carboxylic acids is 1. The number of imidazole rings is 1. The second-order valence-corrected chi connectivity index (χ2v) is 4.05. The molecule has 0 aliphatic carbocycles. The number of hydrogen-bond donors (Lipinski definition) is 3. The minimum atomic E-state index is -0.640. The topological polar surface area (TPSA) is 140 Å². The second-order valence-electron chi connectivity index (χ2n) is 4.05. The van der Waals surface area contributed by atoms with Crippen LogP contribution >= 0.6 is 0 Å². The Hall–Kier alpha value is -2.97. The third-order valence-electron chi connectivity index (χ3n) is 2.64. The zero-order valence-electron chi connectivity index (χ0n) is 10.5. The molecule has 0 saturated carbocycles. The van der Waals surface area contributed by atoms with Gasteiger partial charge in [-0.25, -0.2) is 9.97 Å². The van der Waals surface area contributed by atoms with Crippen LogP contribution in [0.4, 0.5) is 11.5 Å². The minimum absolute atomic E-state index is 0.0439. The molecule has 0 aliphatic heterocycles. The van der Waals surface area contributed by atoms with E-state index in [-0.39, 0.29) is 17.1 Å². The lowest BCUT2D eigenvalue weighted by Gasteiger charge is -2.12. The number of nitrogens with two attached hydrogens (primary N) is 1. The van der Waals surface area contributed by atoms with Crippen molar-refractivity contribution in [2.45, 2.75) is 13.0 Å². The molecule has 0 saturated heterocycles. The number of aromatic amines is 1. The van der Waals surface area contributed by atoms with Crippen LogP contribution in [0.25, 0.3) is 0 Å². The van der Waals surface area contributed by atoms with Gasteiger partial charge in [0, 0.05) is 18.5 Å². The van der Waals surface area contributed by atoms with Crippen LogP contribution in [0.2, 0.25) is 0 Å². The number of nitrogens with one attached hydrogen (secondary N) is 2. The van der Waals surface area contributed by atoms with Gasteiger partial charge in [-0.1, -0.05) is 0 Å². The molecule has 104 valence electrons. The van der Waals surface area contributed by atoms with Gasteiger partial charge in [-0.15, -0.1) is 0 Å². The van der Waals surface area contributed by atoms with Crippen LogP contribution < -0.4 is 11.1 Å². The van der Waals surface area contributed by atoms with Gasteiger partial charge in [0.25, 0.3) is 11.6 Å². The summed E-state index contributed by atoms with van der Waals surface area (Å²) in [5.41, 5.74) is 5.23. The van der Waals surface area contributed by atoms with E-state index in [0.29, 0.717) is 5.82 Å². The quantitative estimate of drug-likeness (QED) is 0.557. The molecule has 0 aliphatic rings. The minimum Gasteiger partial charge on any atom is -0.383 e. The van der Waals surface area contributed by atoms with Gasteiger partial charge >= 0.3 is 0 Å². The molecule has 2 rings (SSSR count). The summed E-state index contributed by atoms with van der Waals surface area (Å²) in [5.74, 6) is -0.0577. The fraction of sp³-hybridized carbons (Fsp3) is 0.182.